The Labute approximate surface area is 149 Å². The number of nitrogens with one attached hydrogen (secondary N) is 2. The molecular weight excluding hydrogens is 360 g/mol. The molecule has 0 unspecified atom stereocenters. The molecule has 2 heterocycles. The molecule has 132 valence electrons. The number of hydrogen-bond donors (Lipinski definition) is 2. The molecule has 0 saturated carbocycles. The van der Waals surface area contributed by atoms with Crippen molar-refractivity contribution < 1.29 is 13.2 Å². The second-order valence-corrected chi connectivity index (χ2v) is 8.87. The molecule has 0 aliphatic carbocycles. The SMILES string of the molecule is COc1ccc2cc(CCNS(=O)(=O)c3ccc(C)s3)c(=O)[nH]c2c1. The van der Waals surface area contributed by atoms with Gasteiger partial charge in [0.1, 0.15) is 9.96 Å². The Morgan fingerprint density at radius 3 is 2.68 bits per heavy atom. The summed E-state index contributed by atoms with van der Waals surface area (Å²) in [6.07, 6.45) is 0.306. The van der Waals surface area contributed by atoms with Crippen LogP contribution >= 0.6 is 11.3 Å². The number of methoxy groups -OCH3 is 1. The van der Waals surface area contributed by atoms with E-state index < -0.39 is 10.0 Å². The monoisotopic (exact) mass is 378 g/mol. The fraction of sp³-hybridized carbons (Fsp3) is 0.235. The molecule has 25 heavy (non-hydrogen) atoms. The van der Waals surface area contributed by atoms with Gasteiger partial charge in [-0.15, -0.1) is 11.3 Å². The first-order chi connectivity index (χ1) is 11.9. The summed E-state index contributed by atoms with van der Waals surface area (Å²) in [5, 5.41) is 0.868. The van der Waals surface area contributed by atoms with Gasteiger partial charge in [-0.1, -0.05) is 0 Å². The number of benzene rings is 1. The lowest BCUT2D eigenvalue weighted by molar-refractivity contribution is 0.415. The van der Waals surface area contributed by atoms with E-state index in [1.54, 1.807) is 31.4 Å². The van der Waals surface area contributed by atoms with Gasteiger partial charge in [0, 0.05) is 23.1 Å². The Balaban J connectivity index is 1.75. The highest BCUT2D eigenvalue weighted by molar-refractivity contribution is 7.91. The molecule has 0 aliphatic heterocycles. The van der Waals surface area contributed by atoms with E-state index in [2.05, 4.69) is 9.71 Å². The second kappa shape index (κ2) is 6.99. The number of hydrogen-bond acceptors (Lipinski definition) is 5. The van der Waals surface area contributed by atoms with Crippen LogP contribution in [0, 0.1) is 6.92 Å². The van der Waals surface area contributed by atoms with Gasteiger partial charge in [-0.3, -0.25) is 4.79 Å². The fourth-order valence-corrected chi connectivity index (χ4v) is 4.85. The van der Waals surface area contributed by atoms with Crippen LogP contribution in [0.5, 0.6) is 5.75 Å². The van der Waals surface area contributed by atoms with Crippen molar-refractivity contribution in [3.63, 3.8) is 0 Å². The summed E-state index contributed by atoms with van der Waals surface area (Å²) >= 11 is 1.22. The molecule has 0 aliphatic rings. The quantitative estimate of drug-likeness (QED) is 0.689. The summed E-state index contributed by atoms with van der Waals surface area (Å²) in [7, 11) is -1.97. The van der Waals surface area contributed by atoms with Crippen molar-refractivity contribution in [2.24, 2.45) is 0 Å². The van der Waals surface area contributed by atoms with E-state index in [-0.39, 0.29) is 16.3 Å². The molecule has 2 N–H and O–H groups in total. The van der Waals surface area contributed by atoms with Crippen molar-refractivity contribution in [1.29, 1.82) is 0 Å². The first-order valence-corrected chi connectivity index (χ1v) is 9.95. The van der Waals surface area contributed by atoms with E-state index in [0.717, 1.165) is 10.3 Å². The van der Waals surface area contributed by atoms with Crippen LogP contribution < -0.4 is 15.0 Å². The van der Waals surface area contributed by atoms with Crippen molar-refractivity contribution in [3.8, 4) is 5.75 Å². The van der Waals surface area contributed by atoms with Gasteiger partial charge in [0.2, 0.25) is 10.0 Å². The number of aromatic nitrogens is 1. The molecule has 3 aromatic rings. The molecule has 0 saturated heterocycles. The second-order valence-electron chi connectivity index (χ2n) is 5.59. The first kappa shape index (κ1) is 17.7. The number of H-pyrrole nitrogens is 1. The Hall–Kier alpha value is -2.16. The minimum atomic E-state index is -3.53. The summed E-state index contributed by atoms with van der Waals surface area (Å²) in [6.45, 7) is 2.01. The zero-order chi connectivity index (χ0) is 18.0. The van der Waals surface area contributed by atoms with E-state index >= 15 is 0 Å². The third kappa shape index (κ3) is 3.92. The Morgan fingerprint density at radius 1 is 1.20 bits per heavy atom. The van der Waals surface area contributed by atoms with Gasteiger partial charge in [0.15, 0.2) is 0 Å². The first-order valence-electron chi connectivity index (χ1n) is 7.65. The van der Waals surface area contributed by atoms with E-state index in [9.17, 15) is 13.2 Å². The molecule has 0 amide bonds. The Bertz CT molecular complexity index is 1070. The molecule has 0 radical (unpaired) electrons. The van der Waals surface area contributed by atoms with Crippen molar-refractivity contribution in [1.82, 2.24) is 9.71 Å². The molecule has 0 fully saturated rings. The molecule has 6 nitrogen and oxygen atoms in total. The van der Waals surface area contributed by atoms with Crippen LogP contribution in [0.1, 0.15) is 10.4 Å². The largest absolute Gasteiger partial charge is 0.497 e. The van der Waals surface area contributed by atoms with E-state index in [1.807, 2.05) is 19.1 Å². The highest BCUT2D eigenvalue weighted by Gasteiger charge is 2.15. The third-order valence-corrected chi connectivity index (χ3v) is 6.75. The highest BCUT2D eigenvalue weighted by Crippen LogP contribution is 2.20. The zero-order valence-corrected chi connectivity index (χ0v) is 15.5. The molecule has 8 heteroatoms. The number of pyridine rings is 1. The number of sulfonamides is 1. The number of thiophene rings is 1. The molecule has 0 atom stereocenters. The van der Waals surface area contributed by atoms with Gasteiger partial charge in [-0.05, 0) is 49.1 Å². The van der Waals surface area contributed by atoms with Crippen LogP contribution in [0.3, 0.4) is 0 Å². The number of rotatable bonds is 6. The zero-order valence-electron chi connectivity index (χ0n) is 13.8. The van der Waals surface area contributed by atoms with Crippen molar-refractivity contribution >= 4 is 32.3 Å². The van der Waals surface area contributed by atoms with Crippen molar-refractivity contribution in [2.75, 3.05) is 13.7 Å². The minimum Gasteiger partial charge on any atom is -0.497 e. The number of ether oxygens (including phenoxy) is 1. The third-order valence-electron chi connectivity index (χ3n) is 3.80. The van der Waals surface area contributed by atoms with Gasteiger partial charge >= 0.3 is 0 Å². The number of aromatic amines is 1. The van der Waals surface area contributed by atoms with E-state index in [0.29, 0.717) is 23.3 Å². The van der Waals surface area contributed by atoms with Crippen LogP contribution in [0.4, 0.5) is 0 Å². The molecule has 2 aromatic heterocycles. The lowest BCUT2D eigenvalue weighted by Crippen LogP contribution is -2.27. The van der Waals surface area contributed by atoms with Crippen LogP contribution in [-0.4, -0.2) is 27.1 Å². The average molecular weight is 378 g/mol. The average Bonchev–Trinajstić information content (AvgIpc) is 3.02. The molecular formula is C17H18N2O4S2. The predicted molar refractivity (Wildman–Crippen MR) is 99.1 cm³/mol. The van der Waals surface area contributed by atoms with Crippen molar-refractivity contribution in [2.45, 2.75) is 17.6 Å². The minimum absolute atomic E-state index is 0.157. The van der Waals surface area contributed by atoms with Gasteiger partial charge in [-0.2, -0.15) is 0 Å². The maximum Gasteiger partial charge on any atom is 0.251 e. The number of aryl methyl sites for hydroxylation is 1. The highest BCUT2D eigenvalue weighted by atomic mass is 32.2. The molecule has 0 spiro atoms. The lowest BCUT2D eigenvalue weighted by Gasteiger charge is -2.07. The maximum absolute atomic E-state index is 12.2. The van der Waals surface area contributed by atoms with Crippen LogP contribution in [0.15, 0.2) is 45.4 Å². The van der Waals surface area contributed by atoms with Crippen LogP contribution in [0.2, 0.25) is 0 Å². The standard InChI is InChI=1S/C17H18N2O4S2/c1-11-3-6-16(24-11)25(21,22)18-8-7-13-9-12-4-5-14(23-2)10-15(12)19-17(13)20/h3-6,9-10,18H,7-8H2,1-2H3,(H,19,20). The molecule has 3 rings (SSSR count). The normalized spacial score (nSPS) is 11.8. The van der Waals surface area contributed by atoms with Gasteiger partial charge in [0.05, 0.1) is 12.6 Å². The van der Waals surface area contributed by atoms with Gasteiger partial charge < -0.3 is 9.72 Å². The van der Waals surface area contributed by atoms with Crippen LogP contribution in [0.25, 0.3) is 10.9 Å². The predicted octanol–water partition coefficient (Wildman–Crippen LogP) is 2.43. The summed E-state index contributed by atoms with van der Waals surface area (Å²) in [4.78, 5) is 15.9. The summed E-state index contributed by atoms with van der Waals surface area (Å²) in [6, 6.07) is 10.5. The van der Waals surface area contributed by atoms with Gasteiger partial charge in [0.25, 0.3) is 5.56 Å². The molecule has 0 bridgehead atoms. The van der Waals surface area contributed by atoms with Crippen molar-refractivity contribution in [3.05, 3.63) is 57.2 Å². The summed E-state index contributed by atoms with van der Waals surface area (Å²) in [5.41, 5.74) is 0.984. The molecule has 1 aromatic carbocycles. The topological polar surface area (TPSA) is 88.3 Å². The van der Waals surface area contributed by atoms with E-state index in [4.69, 9.17) is 4.74 Å². The van der Waals surface area contributed by atoms with E-state index in [1.165, 1.54) is 11.3 Å². The Kier molecular flexibility index (Phi) is 4.94. The number of fused-ring (bicyclic) bond motifs is 1. The Morgan fingerprint density at radius 2 is 2.00 bits per heavy atom. The maximum atomic E-state index is 12.2. The lowest BCUT2D eigenvalue weighted by atomic mass is 10.1. The smallest absolute Gasteiger partial charge is 0.251 e. The van der Waals surface area contributed by atoms with Crippen LogP contribution in [-0.2, 0) is 16.4 Å². The van der Waals surface area contributed by atoms with Gasteiger partial charge in [-0.25, -0.2) is 13.1 Å². The summed E-state index contributed by atoms with van der Waals surface area (Å²) in [5.74, 6) is 0.662. The fourth-order valence-electron chi connectivity index (χ4n) is 2.49. The summed E-state index contributed by atoms with van der Waals surface area (Å²) < 4.78 is 32.4.